The first-order valence-electron chi connectivity index (χ1n) is 5.69. The third-order valence-electron chi connectivity index (χ3n) is 3.15. The Hall–Kier alpha value is -2.11. The Kier molecular flexibility index (Phi) is 3.45. The first-order chi connectivity index (χ1) is 8.61. The molecule has 0 N–H and O–H groups in total. The van der Waals surface area contributed by atoms with Crippen LogP contribution in [-0.4, -0.2) is 31.1 Å². The lowest BCUT2D eigenvalue weighted by Crippen LogP contribution is -2.23. The first kappa shape index (κ1) is 12.3. The number of nitrogens with zero attached hydrogens (tertiary/aromatic N) is 2. The van der Waals surface area contributed by atoms with E-state index in [1.165, 1.54) is 19.2 Å². The highest BCUT2D eigenvalue weighted by Crippen LogP contribution is 2.26. The number of benzene rings is 1. The summed E-state index contributed by atoms with van der Waals surface area (Å²) in [4.78, 5) is 23.5. The Morgan fingerprint density at radius 3 is 2.67 bits per heavy atom. The highest BCUT2D eigenvalue weighted by Gasteiger charge is 2.29. The monoisotopic (exact) mass is 250 g/mol. The summed E-state index contributed by atoms with van der Waals surface area (Å²) < 4.78 is 4.71. The van der Waals surface area contributed by atoms with Crippen LogP contribution in [0.1, 0.15) is 6.42 Å². The molecule has 1 heterocycles. The summed E-state index contributed by atoms with van der Waals surface area (Å²) in [5.74, 6) is -0.301. The van der Waals surface area contributed by atoms with Crippen molar-refractivity contribution < 1.29 is 14.5 Å². The van der Waals surface area contributed by atoms with Gasteiger partial charge in [-0.1, -0.05) is 0 Å². The van der Waals surface area contributed by atoms with Crippen molar-refractivity contribution in [1.82, 2.24) is 0 Å². The van der Waals surface area contributed by atoms with Crippen LogP contribution in [0.4, 0.5) is 11.4 Å². The number of hydrogen-bond acceptors (Lipinski definition) is 5. The molecule has 2 rings (SSSR count). The lowest BCUT2D eigenvalue weighted by atomic mass is 10.1. The van der Waals surface area contributed by atoms with E-state index in [-0.39, 0.29) is 17.6 Å². The van der Waals surface area contributed by atoms with Crippen LogP contribution in [0.5, 0.6) is 0 Å². The Bertz CT molecular complexity index is 458. The minimum atomic E-state index is -0.426. The van der Waals surface area contributed by atoms with Crippen molar-refractivity contribution in [2.75, 3.05) is 25.1 Å². The molecule has 6 heteroatoms. The molecule has 1 aromatic rings. The highest BCUT2D eigenvalue weighted by atomic mass is 16.6. The number of nitro groups is 1. The van der Waals surface area contributed by atoms with Crippen LogP contribution in [0.3, 0.4) is 0 Å². The number of carbonyl (C=O) groups is 1. The van der Waals surface area contributed by atoms with E-state index in [2.05, 4.69) is 0 Å². The van der Waals surface area contributed by atoms with Crippen molar-refractivity contribution in [3.63, 3.8) is 0 Å². The molecule has 1 aromatic carbocycles. The molecule has 1 aliphatic heterocycles. The van der Waals surface area contributed by atoms with Crippen LogP contribution in [0.15, 0.2) is 24.3 Å². The van der Waals surface area contributed by atoms with Crippen LogP contribution in [0, 0.1) is 16.0 Å². The van der Waals surface area contributed by atoms with E-state index in [1.807, 2.05) is 4.90 Å². The summed E-state index contributed by atoms with van der Waals surface area (Å²) in [6.07, 6.45) is 0.754. The predicted octanol–water partition coefficient (Wildman–Crippen LogP) is 1.59. The normalized spacial score (nSPS) is 18.7. The summed E-state index contributed by atoms with van der Waals surface area (Å²) in [6, 6.07) is 6.36. The maximum atomic E-state index is 11.4. The number of methoxy groups -OCH3 is 1. The molecule has 1 aliphatic rings. The summed E-state index contributed by atoms with van der Waals surface area (Å²) in [5, 5.41) is 10.5. The number of nitro benzene ring substituents is 1. The molecule has 0 unspecified atom stereocenters. The second-order valence-corrected chi connectivity index (χ2v) is 4.23. The number of anilines is 1. The molecule has 1 saturated heterocycles. The minimum Gasteiger partial charge on any atom is -0.469 e. The van der Waals surface area contributed by atoms with Crippen LogP contribution >= 0.6 is 0 Å². The summed E-state index contributed by atoms with van der Waals surface area (Å²) >= 11 is 0. The number of esters is 1. The van der Waals surface area contributed by atoms with E-state index in [9.17, 15) is 14.9 Å². The van der Waals surface area contributed by atoms with Crippen LogP contribution in [0.2, 0.25) is 0 Å². The quantitative estimate of drug-likeness (QED) is 0.463. The van der Waals surface area contributed by atoms with Crippen molar-refractivity contribution in [2.45, 2.75) is 6.42 Å². The molecule has 0 spiro atoms. The molecular formula is C12H14N2O4. The van der Waals surface area contributed by atoms with Crippen molar-refractivity contribution >= 4 is 17.3 Å². The molecule has 1 fully saturated rings. The molecule has 18 heavy (non-hydrogen) atoms. The molecule has 0 saturated carbocycles. The van der Waals surface area contributed by atoms with Gasteiger partial charge in [-0.3, -0.25) is 14.9 Å². The van der Waals surface area contributed by atoms with Gasteiger partial charge in [0, 0.05) is 30.9 Å². The SMILES string of the molecule is COC(=O)[C@H]1CCN(c2ccc([N+](=O)[O-])cc2)C1. The Balaban J connectivity index is 2.05. The lowest BCUT2D eigenvalue weighted by Gasteiger charge is -2.17. The van der Waals surface area contributed by atoms with Gasteiger partial charge in [-0.2, -0.15) is 0 Å². The van der Waals surface area contributed by atoms with E-state index < -0.39 is 4.92 Å². The summed E-state index contributed by atoms with van der Waals surface area (Å²) in [7, 11) is 1.39. The van der Waals surface area contributed by atoms with Gasteiger partial charge in [0.05, 0.1) is 18.0 Å². The predicted molar refractivity (Wildman–Crippen MR) is 65.4 cm³/mol. The van der Waals surface area contributed by atoms with Gasteiger partial charge in [-0.15, -0.1) is 0 Å². The van der Waals surface area contributed by atoms with Gasteiger partial charge in [-0.05, 0) is 18.6 Å². The van der Waals surface area contributed by atoms with Crippen molar-refractivity contribution in [3.8, 4) is 0 Å². The van der Waals surface area contributed by atoms with Gasteiger partial charge in [-0.25, -0.2) is 0 Å². The van der Waals surface area contributed by atoms with Gasteiger partial charge in [0.25, 0.3) is 5.69 Å². The lowest BCUT2D eigenvalue weighted by molar-refractivity contribution is -0.384. The van der Waals surface area contributed by atoms with E-state index in [0.717, 1.165) is 18.7 Å². The van der Waals surface area contributed by atoms with E-state index in [0.29, 0.717) is 6.54 Å². The third kappa shape index (κ3) is 2.42. The third-order valence-corrected chi connectivity index (χ3v) is 3.15. The van der Waals surface area contributed by atoms with E-state index >= 15 is 0 Å². The standard InChI is InChI=1S/C12H14N2O4/c1-18-12(15)9-6-7-13(8-9)10-2-4-11(5-3-10)14(16)17/h2-5,9H,6-8H2,1H3/t9-/m0/s1. The molecular weight excluding hydrogens is 236 g/mol. The molecule has 0 amide bonds. The fourth-order valence-electron chi connectivity index (χ4n) is 2.14. The zero-order valence-corrected chi connectivity index (χ0v) is 10.0. The average molecular weight is 250 g/mol. The van der Waals surface area contributed by atoms with Gasteiger partial charge >= 0.3 is 5.97 Å². The van der Waals surface area contributed by atoms with Gasteiger partial charge in [0.2, 0.25) is 0 Å². The fraction of sp³-hybridized carbons (Fsp3) is 0.417. The minimum absolute atomic E-state index is 0.0717. The van der Waals surface area contributed by atoms with Gasteiger partial charge in [0.1, 0.15) is 0 Å². The molecule has 96 valence electrons. The van der Waals surface area contributed by atoms with Crippen molar-refractivity contribution in [1.29, 1.82) is 0 Å². The van der Waals surface area contributed by atoms with Crippen LogP contribution in [0.25, 0.3) is 0 Å². The number of carbonyl (C=O) groups excluding carboxylic acids is 1. The first-order valence-corrected chi connectivity index (χ1v) is 5.69. The number of hydrogen-bond donors (Lipinski definition) is 0. The molecule has 0 aromatic heterocycles. The number of non-ortho nitro benzene ring substituents is 1. The Labute approximate surface area is 104 Å². The molecule has 6 nitrogen and oxygen atoms in total. The Morgan fingerprint density at radius 1 is 1.44 bits per heavy atom. The summed E-state index contributed by atoms with van der Waals surface area (Å²) in [6.45, 7) is 1.36. The van der Waals surface area contributed by atoms with Gasteiger partial charge < -0.3 is 9.64 Å². The second kappa shape index (κ2) is 5.03. The maximum Gasteiger partial charge on any atom is 0.310 e. The number of ether oxygens (including phenoxy) is 1. The smallest absolute Gasteiger partial charge is 0.310 e. The van der Waals surface area contributed by atoms with Crippen LogP contribution < -0.4 is 4.90 Å². The number of rotatable bonds is 3. The van der Waals surface area contributed by atoms with E-state index in [1.54, 1.807) is 12.1 Å². The highest BCUT2D eigenvalue weighted by molar-refractivity contribution is 5.74. The Morgan fingerprint density at radius 2 is 2.11 bits per heavy atom. The largest absolute Gasteiger partial charge is 0.469 e. The summed E-state index contributed by atoms with van der Waals surface area (Å²) in [5.41, 5.74) is 0.967. The maximum absolute atomic E-state index is 11.4. The van der Waals surface area contributed by atoms with Crippen molar-refractivity contribution in [3.05, 3.63) is 34.4 Å². The molecule has 0 bridgehead atoms. The topological polar surface area (TPSA) is 72.7 Å². The molecule has 0 radical (unpaired) electrons. The van der Waals surface area contributed by atoms with E-state index in [4.69, 9.17) is 4.74 Å². The van der Waals surface area contributed by atoms with Crippen LogP contribution in [-0.2, 0) is 9.53 Å². The van der Waals surface area contributed by atoms with Crippen molar-refractivity contribution in [2.24, 2.45) is 5.92 Å². The van der Waals surface area contributed by atoms with Gasteiger partial charge in [0.15, 0.2) is 0 Å². The fourth-order valence-corrected chi connectivity index (χ4v) is 2.14. The molecule has 0 aliphatic carbocycles. The average Bonchev–Trinajstić information content (AvgIpc) is 2.87. The zero-order chi connectivity index (χ0) is 13.1. The second-order valence-electron chi connectivity index (χ2n) is 4.23. The molecule has 1 atom stereocenters. The zero-order valence-electron chi connectivity index (χ0n) is 10.0.